The quantitative estimate of drug-likeness (QED) is 0.267. The van der Waals surface area contributed by atoms with Crippen LogP contribution in [-0.4, -0.2) is 46.5 Å². The largest absolute Gasteiger partial charge is 0.483 e. The Balaban J connectivity index is 0.00000178. The first kappa shape index (κ1) is 33.2. The van der Waals surface area contributed by atoms with E-state index in [2.05, 4.69) is 21.2 Å². The highest BCUT2D eigenvalue weighted by Crippen LogP contribution is 2.24. The minimum Gasteiger partial charge on any atom is -0.483 e. The maximum absolute atomic E-state index is 13.5. The Bertz CT molecular complexity index is 1350. The number of carbonyl (C=O) groups is 2. The third-order valence-corrected chi connectivity index (χ3v) is 6.88. The average Bonchev–Trinajstić information content (AvgIpc) is 2.90. The Morgan fingerprint density at radius 2 is 1.80 bits per heavy atom. The molecular formula is C29H34BrClFN3O5. The molecule has 0 aliphatic heterocycles. The molecule has 3 rings (SSSR count). The summed E-state index contributed by atoms with van der Waals surface area (Å²) in [5, 5.41) is 10.4. The molecule has 0 aliphatic carbocycles. The van der Waals surface area contributed by atoms with Crippen molar-refractivity contribution < 1.29 is 23.8 Å². The number of aromatic nitrogens is 1. The van der Waals surface area contributed by atoms with E-state index < -0.39 is 5.82 Å². The molecule has 2 N–H and O–H groups in total. The van der Waals surface area contributed by atoms with E-state index in [1.54, 1.807) is 12.1 Å². The van der Waals surface area contributed by atoms with Gasteiger partial charge in [-0.3, -0.25) is 14.4 Å². The Morgan fingerprint density at radius 1 is 1.15 bits per heavy atom. The summed E-state index contributed by atoms with van der Waals surface area (Å²) >= 11 is 9.42. The van der Waals surface area contributed by atoms with Crippen molar-refractivity contribution in [3.05, 3.63) is 96.6 Å². The van der Waals surface area contributed by atoms with Crippen molar-refractivity contribution in [3.63, 3.8) is 0 Å². The molecule has 0 radical (unpaired) electrons. The molecule has 1 heterocycles. The summed E-state index contributed by atoms with van der Waals surface area (Å²) in [6, 6.07) is 14.1. The van der Waals surface area contributed by atoms with Crippen molar-refractivity contribution >= 4 is 40.3 Å². The molecule has 0 saturated carbocycles. The summed E-state index contributed by atoms with van der Waals surface area (Å²) in [5.41, 5.74) is 2.03. The Hall–Kier alpha value is -3.05. The zero-order valence-electron chi connectivity index (χ0n) is 22.9. The number of ether oxygens (including phenoxy) is 1. The molecule has 1 aromatic heterocycles. The lowest BCUT2D eigenvalue weighted by Gasteiger charge is -2.26. The number of nitrogens with zero attached hydrogens (tertiary/aromatic N) is 2. The van der Waals surface area contributed by atoms with Crippen LogP contribution in [-0.2, 0) is 31.0 Å². The molecule has 8 nitrogen and oxygen atoms in total. The number of likely N-dealkylation sites (N-methyl/N-ethyl adjacent to an activating group) is 1. The molecule has 0 amide bonds. The van der Waals surface area contributed by atoms with E-state index >= 15 is 0 Å². The van der Waals surface area contributed by atoms with Crippen LogP contribution in [0.5, 0.6) is 5.75 Å². The summed E-state index contributed by atoms with van der Waals surface area (Å²) < 4.78 is 21.6. The third kappa shape index (κ3) is 9.85. The van der Waals surface area contributed by atoms with Crippen LogP contribution in [0.4, 0.5) is 4.39 Å². The van der Waals surface area contributed by atoms with Crippen molar-refractivity contribution in [1.82, 2.24) is 14.8 Å². The van der Waals surface area contributed by atoms with E-state index in [4.69, 9.17) is 26.2 Å². The number of carbonyl (C=O) groups excluding carboxylic acids is 1. The zero-order chi connectivity index (χ0) is 29.9. The molecule has 216 valence electrons. The van der Waals surface area contributed by atoms with Gasteiger partial charge in [-0.2, -0.15) is 0 Å². The van der Waals surface area contributed by atoms with Crippen molar-refractivity contribution in [3.8, 4) is 5.75 Å². The number of halogens is 3. The zero-order valence-corrected chi connectivity index (χ0v) is 25.3. The lowest BCUT2D eigenvalue weighted by Crippen LogP contribution is -2.37. The molecule has 2 aromatic carbocycles. The first-order valence-electron chi connectivity index (χ1n) is 12.4. The molecule has 40 heavy (non-hydrogen) atoms. The van der Waals surface area contributed by atoms with Crippen LogP contribution in [0, 0.1) is 5.82 Å². The monoisotopic (exact) mass is 637 g/mol. The molecule has 0 bridgehead atoms. The number of hydrogen-bond acceptors (Lipinski definition) is 6. The Kier molecular flexibility index (Phi) is 13.0. The van der Waals surface area contributed by atoms with Crippen LogP contribution in [0.3, 0.4) is 0 Å². The number of rotatable bonds is 11. The van der Waals surface area contributed by atoms with Gasteiger partial charge in [-0.25, -0.2) is 4.39 Å². The second-order valence-corrected chi connectivity index (χ2v) is 11.2. The van der Waals surface area contributed by atoms with E-state index in [0.717, 1.165) is 11.1 Å². The van der Waals surface area contributed by atoms with Crippen LogP contribution in [0.15, 0.2) is 57.8 Å². The second kappa shape index (κ2) is 15.7. The fourth-order valence-electron chi connectivity index (χ4n) is 3.80. The lowest BCUT2D eigenvalue weighted by molar-refractivity contribution is -0.122. The maximum atomic E-state index is 13.5. The van der Waals surface area contributed by atoms with E-state index in [-0.39, 0.29) is 40.5 Å². The summed E-state index contributed by atoms with van der Waals surface area (Å²) in [6.07, 6.45) is 0.675. The number of benzene rings is 2. The van der Waals surface area contributed by atoms with E-state index in [0.29, 0.717) is 42.6 Å². The molecule has 11 heteroatoms. The van der Waals surface area contributed by atoms with Gasteiger partial charge in [-0.1, -0.05) is 48.0 Å². The Morgan fingerprint density at radius 3 is 2.38 bits per heavy atom. The van der Waals surface area contributed by atoms with E-state index in [1.807, 2.05) is 67.6 Å². The minimum absolute atomic E-state index is 0.0122. The van der Waals surface area contributed by atoms with E-state index in [1.165, 1.54) is 6.07 Å². The SMILES string of the molecule is CN(CCn1c(C=O)c(OCc2ccccc2)c(=O)c(Br)c1CNC(C)(C)C)Cc1ccc(F)c(Cl)c1.O=CO. The number of hydrogen-bond donors (Lipinski definition) is 2. The molecule has 0 fully saturated rings. The third-order valence-electron chi connectivity index (χ3n) is 5.77. The van der Waals surface area contributed by atoms with Gasteiger partial charge < -0.3 is 24.6 Å². The van der Waals surface area contributed by atoms with Crippen molar-refractivity contribution in [1.29, 1.82) is 0 Å². The van der Waals surface area contributed by atoms with Crippen LogP contribution in [0.1, 0.15) is 48.1 Å². The molecule has 0 saturated heterocycles. The smallest absolute Gasteiger partial charge is 0.290 e. The molecule has 0 aliphatic rings. The van der Waals surface area contributed by atoms with Gasteiger partial charge in [0.15, 0.2) is 12.0 Å². The summed E-state index contributed by atoms with van der Waals surface area (Å²) in [4.78, 5) is 36.0. The van der Waals surface area contributed by atoms with Gasteiger partial charge in [0.2, 0.25) is 5.43 Å². The average molecular weight is 639 g/mol. The van der Waals surface area contributed by atoms with E-state index in [9.17, 15) is 14.0 Å². The standard InChI is InChI=1S/C28H32BrClFN3O3.CH2O2/c1-28(2,3)32-15-23-25(29)26(36)27(37-18-19-8-6-5-7-9-19)24(17-35)34(23)13-12-33(4)16-20-10-11-22(31)21(30)14-20;2-1-3/h5-11,14,17,32H,12-13,15-16,18H2,1-4H3;1H,(H,2,3). The number of carboxylic acid groups (broad SMARTS) is 1. The van der Waals surface area contributed by atoms with Crippen LogP contribution >= 0.6 is 27.5 Å². The van der Waals surface area contributed by atoms with Gasteiger partial charge in [0, 0.05) is 31.7 Å². The molecule has 3 aromatic rings. The van der Waals surface area contributed by atoms with Gasteiger partial charge in [-0.05, 0) is 67.0 Å². The molecule has 0 spiro atoms. The predicted octanol–water partition coefficient (Wildman–Crippen LogP) is 5.52. The minimum atomic E-state index is -0.458. The second-order valence-electron chi connectivity index (χ2n) is 10.0. The summed E-state index contributed by atoms with van der Waals surface area (Å²) in [5.74, 6) is -0.445. The van der Waals surface area contributed by atoms with Gasteiger partial charge in [0.1, 0.15) is 18.1 Å². The van der Waals surface area contributed by atoms with Crippen LogP contribution in [0.25, 0.3) is 0 Å². The number of aldehydes is 1. The normalized spacial score (nSPS) is 11.1. The topological polar surface area (TPSA) is 101 Å². The highest BCUT2D eigenvalue weighted by molar-refractivity contribution is 9.10. The van der Waals surface area contributed by atoms with Gasteiger partial charge >= 0.3 is 0 Å². The predicted molar refractivity (Wildman–Crippen MR) is 158 cm³/mol. The van der Waals surface area contributed by atoms with Crippen LogP contribution < -0.4 is 15.5 Å². The van der Waals surface area contributed by atoms with Crippen LogP contribution in [0.2, 0.25) is 5.02 Å². The first-order chi connectivity index (χ1) is 18.9. The fourth-order valence-corrected chi connectivity index (χ4v) is 4.53. The van der Waals surface area contributed by atoms with Crippen molar-refractivity contribution in [2.75, 3.05) is 13.6 Å². The molecule has 0 atom stereocenters. The van der Waals surface area contributed by atoms with Gasteiger partial charge in [-0.15, -0.1) is 0 Å². The molecule has 0 unspecified atom stereocenters. The van der Waals surface area contributed by atoms with Gasteiger partial charge in [0.25, 0.3) is 6.47 Å². The molecular weight excluding hydrogens is 605 g/mol. The first-order valence-corrected chi connectivity index (χ1v) is 13.6. The highest BCUT2D eigenvalue weighted by atomic mass is 79.9. The van der Waals surface area contributed by atoms with Crippen molar-refractivity contribution in [2.45, 2.75) is 52.6 Å². The highest BCUT2D eigenvalue weighted by Gasteiger charge is 2.23. The number of pyridine rings is 1. The Labute approximate surface area is 246 Å². The van der Waals surface area contributed by atoms with Gasteiger partial charge in [0.05, 0.1) is 15.2 Å². The number of nitrogens with one attached hydrogen (secondary N) is 1. The fraction of sp³-hybridized carbons (Fsp3) is 0.345. The van der Waals surface area contributed by atoms with Crippen molar-refractivity contribution in [2.24, 2.45) is 0 Å². The summed E-state index contributed by atoms with van der Waals surface area (Å²) in [6.45, 7) is 7.87. The summed E-state index contributed by atoms with van der Waals surface area (Å²) in [7, 11) is 1.93. The maximum Gasteiger partial charge on any atom is 0.290 e. The lowest BCUT2D eigenvalue weighted by atomic mass is 10.1.